The summed E-state index contributed by atoms with van der Waals surface area (Å²) in [5.74, 6) is -0.315. The van der Waals surface area contributed by atoms with E-state index in [0.29, 0.717) is 11.3 Å². The molecule has 0 fully saturated rings. The van der Waals surface area contributed by atoms with Gasteiger partial charge in [-0.1, -0.05) is 12.1 Å². The first-order valence-corrected chi connectivity index (χ1v) is 6.77. The Hall–Kier alpha value is -2.54. The smallest absolute Gasteiger partial charge is 0.270 e. The largest absolute Gasteiger partial charge is 0.296 e. The molecule has 6 nitrogen and oxygen atoms in total. The second-order valence-electron chi connectivity index (χ2n) is 4.36. The summed E-state index contributed by atoms with van der Waals surface area (Å²) in [6.07, 6.45) is 3.19. The van der Waals surface area contributed by atoms with Gasteiger partial charge in [0.2, 0.25) is 5.78 Å². The van der Waals surface area contributed by atoms with Crippen molar-refractivity contribution in [3.63, 3.8) is 0 Å². The van der Waals surface area contributed by atoms with Crippen molar-refractivity contribution in [2.45, 2.75) is 0 Å². The number of pyridine rings is 1. The molecule has 0 spiro atoms. The molecule has 0 saturated carbocycles. The second kappa shape index (κ2) is 5.10. The van der Waals surface area contributed by atoms with Crippen LogP contribution in [0.1, 0.15) is 16.1 Å². The maximum atomic E-state index is 12.5. The minimum atomic E-state index is -0.526. The Bertz CT molecular complexity index is 873. The average Bonchev–Trinajstić information content (AvgIpc) is 2.89. The molecule has 0 atom stereocenters. The highest BCUT2D eigenvalue weighted by Crippen LogP contribution is 2.19. The Morgan fingerprint density at radius 3 is 2.86 bits per heavy atom. The molecule has 104 valence electrons. The molecule has 0 bridgehead atoms. The van der Waals surface area contributed by atoms with Crippen LogP contribution in [0.15, 0.2) is 53.3 Å². The summed E-state index contributed by atoms with van der Waals surface area (Å²) in [7, 11) is 0. The van der Waals surface area contributed by atoms with Gasteiger partial charge in [0.15, 0.2) is 0 Å². The van der Waals surface area contributed by atoms with E-state index in [1.54, 1.807) is 22.7 Å². The summed E-state index contributed by atoms with van der Waals surface area (Å²) >= 11 is 3.34. The van der Waals surface area contributed by atoms with Crippen LogP contribution >= 0.6 is 15.9 Å². The van der Waals surface area contributed by atoms with Crippen LogP contribution in [0.3, 0.4) is 0 Å². The maximum Gasteiger partial charge on any atom is 0.270 e. The van der Waals surface area contributed by atoms with Crippen LogP contribution in [0.25, 0.3) is 5.65 Å². The fourth-order valence-electron chi connectivity index (χ4n) is 2.03. The zero-order chi connectivity index (χ0) is 15.0. The van der Waals surface area contributed by atoms with Crippen LogP contribution in [0, 0.1) is 10.1 Å². The van der Waals surface area contributed by atoms with Gasteiger partial charge in [0.05, 0.1) is 11.1 Å². The SMILES string of the molecule is O=C(c1cccc([N+](=O)[O-])c1)c1cnc2ccc(Br)cn12. The van der Waals surface area contributed by atoms with Crippen LogP contribution in [-0.4, -0.2) is 20.1 Å². The first-order valence-electron chi connectivity index (χ1n) is 5.98. The van der Waals surface area contributed by atoms with Crippen molar-refractivity contribution < 1.29 is 9.72 Å². The molecule has 2 heterocycles. The van der Waals surface area contributed by atoms with Gasteiger partial charge in [-0.15, -0.1) is 0 Å². The van der Waals surface area contributed by atoms with Crippen LogP contribution in [0.2, 0.25) is 0 Å². The van der Waals surface area contributed by atoms with Crippen molar-refractivity contribution in [1.82, 2.24) is 9.38 Å². The van der Waals surface area contributed by atoms with Gasteiger partial charge in [0, 0.05) is 28.4 Å². The van der Waals surface area contributed by atoms with E-state index in [0.717, 1.165) is 4.47 Å². The number of carbonyl (C=O) groups is 1. The van der Waals surface area contributed by atoms with Gasteiger partial charge in [-0.05, 0) is 28.1 Å². The predicted molar refractivity (Wildman–Crippen MR) is 79.4 cm³/mol. The third-order valence-electron chi connectivity index (χ3n) is 3.02. The lowest BCUT2D eigenvalue weighted by molar-refractivity contribution is -0.384. The van der Waals surface area contributed by atoms with Gasteiger partial charge in [-0.2, -0.15) is 0 Å². The molecule has 0 saturated heterocycles. The number of nitrogens with zero attached hydrogens (tertiary/aromatic N) is 3. The molecule has 0 aliphatic carbocycles. The van der Waals surface area contributed by atoms with E-state index in [4.69, 9.17) is 0 Å². The number of benzene rings is 1. The van der Waals surface area contributed by atoms with Crippen molar-refractivity contribution in [3.8, 4) is 0 Å². The highest BCUT2D eigenvalue weighted by Gasteiger charge is 2.17. The van der Waals surface area contributed by atoms with Crippen molar-refractivity contribution in [2.75, 3.05) is 0 Å². The third kappa shape index (κ3) is 2.43. The lowest BCUT2D eigenvalue weighted by atomic mass is 10.1. The predicted octanol–water partition coefficient (Wildman–Crippen LogP) is 3.24. The number of hydrogen-bond acceptors (Lipinski definition) is 4. The molecule has 0 radical (unpaired) electrons. The Morgan fingerprint density at radius 1 is 1.29 bits per heavy atom. The first-order chi connectivity index (χ1) is 10.1. The van der Waals surface area contributed by atoms with Crippen LogP contribution in [-0.2, 0) is 0 Å². The number of aromatic nitrogens is 2. The van der Waals surface area contributed by atoms with Crippen LogP contribution in [0.4, 0.5) is 5.69 Å². The maximum absolute atomic E-state index is 12.5. The van der Waals surface area contributed by atoms with Gasteiger partial charge in [0.1, 0.15) is 11.3 Å². The van der Waals surface area contributed by atoms with E-state index in [9.17, 15) is 14.9 Å². The summed E-state index contributed by atoms with van der Waals surface area (Å²) in [5.41, 5.74) is 1.13. The zero-order valence-electron chi connectivity index (χ0n) is 10.6. The number of fused-ring (bicyclic) bond motifs is 1. The summed E-state index contributed by atoms with van der Waals surface area (Å²) in [6, 6.07) is 9.25. The quantitative estimate of drug-likeness (QED) is 0.414. The molecule has 1 aromatic carbocycles. The average molecular weight is 346 g/mol. The zero-order valence-corrected chi connectivity index (χ0v) is 12.1. The van der Waals surface area contributed by atoms with E-state index in [1.807, 2.05) is 6.07 Å². The third-order valence-corrected chi connectivity index (χ3v) is 3.49. The summed E-state index contributed by atoms with van der Waals surface area (Å²) in [4.78, 5) is 26.9. The Kier molecular flexibility index (Phi) is 3.26. The summed E-state index contributed by atoms with van der Waals surface area (Å²) < 4.78 is 2.45. The van der Waals surface area contributed by atoms with Crippen LogP contribution in [0.5, 0.6) is 0 Å². The molecule has 0 amide bonds. The molecule has 7 heteroatoms. The fraction of sp³-hybridized carbons (Fsp3) is 0. The van der Waals surface area contributed by atoms with E-state index in [2.05, 4.69) is 20.9 Å². The molecule has 0 N–H and O–H groups in total. The number of non-ortho nitro benzene ring substituents is 1. The van der Waals surface area contributed by atoms with Gasteiger partial charge in [0.25, 0.3) is 5.69 Å². The number of imidazole rings is 1. The molecule has 3 rings (SSSR count). The molecule has 3 aromatic rings. The van der Waals surface area contributed by atoms with Crippen molar-refractivity contribution in [3.05, 3.63) is 74.6 Å². The molecule has 0 unspecified atom stereocenters. The Labute approximate surface area is 127 Å². The fourth-order valence-corrected chi connectivity index (χ4v) is 2.37. The standard InChI is InChI=1S/C14H8BrN3O3/c15-10-4-5-13-16-7-12(17(13)8-10)14(19)9-2-1-3-11(6-9)18(20)21/h1-8H. The Balaban J connectivity index is 2.10. The van der Waals surface area contributed by atoms with E-state index in [-0.39, 0.29) is 17.0 Å². The topological polar surface area (TPSA) is 77.5 Å². The van der Waals surface area contributed by atoms with E-state index >= 15 is 0 Å². The van der Waals surface area contributed by atoms with Crippen molar-refractivity contribution in [2.24, 2.45) is 0 Å². The first kappa shape index (κ1) is 13.4. The summed E-state index contributed by atoms with van der Waals surface area (Å²) in [6.45, 7) is 0. The molecular weight excluding hydrogens is 338 g/mol. The number of rotatable bonds is 3. The monoisotopic (exact) mass is 345 g/mol. The van der Waals surface area contributed by atoms with E-state index < -0.39 is 4.92 Å². The van der Waals surface area contributed by atoms with Crippen molar-refractivity contribution in [1.29, 1.82) is 0 Å². The highest BCUT2D eigenvalue weighted by molar-refractivity contribution is 9.10. The van der Waals surface area contributed by atoms with Gasteiger partial charge >= 0.3 is 0 Å². The molecular formula is C14H8BrN3O3. The van der Waals surface area contributed by atoms with Crippen molar-refractivity contribution >= 4 is 33.0 Å². The Morgan fingerprint density at radius 2 is 2.10 bits per heavy atom. The lowest BCUT2D eigenvalue weighted by Gasteiger charge is -2.02. The normalized spacial score (nSPS) is 10.7. The number of ketones is 1. The van der Waals surface area contributed by atoms with E-state index in [1.165, 1.54) is 24.4 Å². The lowest BCUT2D eigenvalue weighted by Crippen LogP contribution is -2.05. The van der Waals surface area contributed by atoms with Gasteiger partial charge < -0.3 is 0 Å². The molecule has 0 aliphatic rings. The van der Waals surface area contributed by atoms with Gasteiger partial charge in [-0.3, -0.25) is 19.3 Å². The molecule has 21 heavy (non-hydrogen) atoms. The number of nitro benzene ring substituents is 1. The number of hydrogen-bond donors (Lipinski definition) is 0. The second-order valence-corrected chi connectivity index (χ2v) is 5.27. The minimum Gasteiger partial charge on any atom is -0.296 e. The van der Waals surface area contributed by atoms with Gasteiger partial charge in [-0.25, -0.2) is 4.98 Å². The minimum absolute atomic E-state index is 0.115. The number of nitro groups is 1. The number of carbonyl (C=O) groups excluding carboxylic acids is 1. The number of halogens is 1. The molecule has 0 aliphatic heterocycles. The highest BCUT2D eigenvalue weighted by atomic mass is 79.9. The molecule has 2 aromatic heterocycles. The summed E-state index contributed by atoms with van der Waals surface area (Å²) in [5, 5.41) is 10.8. The van der Waals surface area contributed by atoms with Crippen LogP contribution < -0.4 is 0 Å².